The van der Waals surface area contributed by atoms with Crippen LogP contribution in [0.2, 0.25) is 0 Å². The molecule has 8 nitrogen and oxygen atoms in total. The molecule has 0 spiro atoms. The van der Waals surface area contributed by atoms with E-state index in [1.165, 1.54) is 6.07 Å². The first-order valence-corrected chi connectivity index (χ1v) is 5.83. The van der Waals surface area contributed by atoms with E-state index in [1.807, 2.05) is 0 Å². The number of nitrogens with zero attached hydrogens (tertiary/aromatic N) is 1. The number of carbonyl (C=O) groups is 2. The quantitative estimate of drug-likeness (QED) is 0.523. The molecule has 0 unspecified atom stereocenters. The fourth-order valence-corrected chi connectivity index (χ4v) is 1.57. The minimum absolute atomic E-state index is 0.109. The molecule has 0 heterocycles. The van der Waals surface area contributed by atoms with Gasteiger partial charge in [0.05, 0.1) is 4.92 Å². The van der Waals surface area contributed by atoms with Crippen LogP contribution in [0.4, 0.5) is 5.69 Å². The standard InChI is InChI=1S/C12H14N2O6/c1-2-11(16)13-8(12(17)18)5-7-3-4-10(15)9(6-7)14(19)20/h3-4,6,8,15H,2,5H2,1H3,(H,13,16)(H,17,18)/t8-/m1/s1. The first-order valence-electron chi connectivity index (χ1n) is 5.83. The van der Waals surface area contributed by atoms with Crippen LogP contribution in [-0.2, 0) is 16.0 Å². The molecule has 1 atom stereocenters. The van der Waals surface area contributed by atoms with Gasteiger partial charge in [-0.2, -0.15) is 0 Å². The van der Waals surface area contributed by atoms with Gasteiger partial charge in [-0.3, -0.25) is 14.9 Å². The number of carbonyl (C=O) groups excluding carboxylic acids is 1. The molecule has 1 aromatic rings. The molecule has 1 aromatic carbocycles. The van der Waals surface area contributed by atoms with Crippen molar-refractivity contribution >= 4 is 17.6 Å². The van der Waals surface area contributed by atoms with Gasteiger partial charge in [0, 0.05) is 18.9 Å². The van der Waals surface area contributed by atoms with Crippen LogP contribution in [0.3, 0.4) is 0 Å². The van der Waals surface area contributed by atoms with Crippen LogP contribution in [0.1, 0.15) is 18.9 Å². The fourth-order valence-electron chi connectivity index (χ4n) is 1.57. The van der Waals surface area contributed by atoms with Gasteiger partial charge in [0.1, 0.15) is 6.04 Å². The van der Waals surface area contributed by atoms with Crippen molar-refractivity contribution in [3.05, 3.63) is 33.9 Å². The number of nitrogens with one attached hydrogen (secondary N) is 1. The van der Waals surface area contributed by atoms with Crippen LogP contribution in [0, 0.1) is 10.1 Å². The van der Waals surface area contributed by atoms with Crippen LogP contribution in [-0.4, -0.2) is 33.1 Å². The molecule has 20 heavy (non-hydrogen) atoms. The van der Waals surface area contributed by atoms with E-state index in [-0.39, 0.29) is 12.8 Å². The van der Waals surface area contributed by atoms with Crippen molar-refractivity contribution < 1.29 is 24.7 Å². The Kier molecular flexibility index (Phi) is 5.01. The summed E-state index contributed by atoms with van der Waals surface area (Å²) in [5.74, 6) is -2.16. The van der Waals surface area contributed by atoms with Crippen molar-refractivity contribution in [2.45, 2.75) is 25.8 Å². The lowest BCUT2D eigenvalue weighted by atomic mass is 10.0. The monoisotopic (exact) mass is 282 g/mol. The number of nitro groups is 1. The first kappa shape index (κ1) is 15.4. The van der Waals surface area contributed by atoms with Crippen LogP contribution >= 0.6 is 0 Å². The maximum absolute atomic E-state index is 11.2. The normalized spacial score (nSPS) is 11.7. The lowest BCUT2D eigenvalue weighted by Gasteiger charge is -2.14. The average Bonchev–Trinajstić information content (AvgIpc) is 2.39. The highest BCUT2D eigenvalue weighted by atomic mass is 16.6. The molecule has 108 valence electrons. The van der Waals surface area contributed by atoms with Gasteiger partial charge in [0.15, 0.2) is 5.75 Å². The van der Waals surface area contributed by atoms with Crippen LogP contribution in [0.15, 0.2) is 18.2 Å². The van der Waals surface area contributed by atoms with Gasteiger partial charge in [0.25, 0.3) is 0 Å². The molecular formula is C12H14N2O6. The van der Waals surface area contributed by atoms with E-state index < -0.39 is 34.3 Å². The first-order chi connectivity index (χ1) is 9.35. The highest BCUT2D eigenvalue weighted by molar-refractivity contribution is 5.83. The molecule has 0 fully saturated rings. The lowest BCUT2D eigenvalue weighted by Crippen LogP contribution is -2.42. The Balaban J connectivity index is 2.94. The zero-order valence-electron chi connectivity index (χ0n) is 10.7. The van der Waals surface area contributed by atoms with E-state index in [0.29, 0.717) is 5.56 Å². The van der Waals surface area contributed by atoms with E-state index in [0.717, 1.165) is 12.1 Å². The number of benzene rings is 1. The number of nitro benzene ring substituents is 1. The third-order valence-electron chi connectivity index (χ3n) is 2.63. The average molecular weight is 282 g/mol. The minimum Gasteiger partial charge on any atom is -0.502 e. The molecule has 8 heteroatoms. The summed E-state index contributed by atoms with van der Waals surface area (Å²) in [6.45, 7) is 1.58. The van der Waals surface area contributed by atoms with E-state index in [9.17, 15) is 24.8 Å². The number of aromatic hydroxyl groups is 1. The third kappa shape index (κ3) is 3.94. The Bertz CT molecular complexity index is 543. The Morgan fingerprint density at radius 2 is 2.10 bits per heavy atom. The SMILES string of the molecule is CCC(=O)N[C@H](Cc1ccc(O)c([N+](=O)[O-])c1)C(=O)O. The third-order valence-corrected chi connectivity index (χ3v) is 2.63. The van der Waals surface area contributed by atoms with Crippen molar-refractivity contribution in [2.75, 3.05) is 0 Å². The molecule has 3 N–H and O–H groups in total. The topological polar surface area (TPSA) is 130 Å². The van der Waals surface area contributed by atoms with E-state index in [1.54, 1.807) is 6.92 Å². The Morgan fingerprint density at radius 1 is 1.45 bits per heavy atom. The Labute approximate surface area is 114 Å². The van der Waals surface area contributed by atoms with Crippen molar-refractivity contribution in [1.29, 1.82) is 0 Å². The van der Waals surface area contributed by atoms with Crippen molar-refractivity contribution in [1.82, 2.24) is 5.32 Å². The minimum atomic E-state index is -1.23. The number of aliphatic carboxylic acids is 1. The number of phenols is 1. The molecule has 0 bridgehead atoms. The van der Waals surface area contributed by atoms with Gasteiger partial charge >= 0.3 is 11.7 Å². The highest BCUT2D eigenvalue weighted by Crippen LogP contribution is 2.26. The maximum atomic E-state index is 11.2. The fraction of sp³-hybridized carbons (Fsp3) is 0.333. The van der Waals surface area contributed by atoms with Crippen molar-refractivity contribution in [3.63, 3.8) is 0 Å². The molecular weight excluding hydrogens is 268 g/mol. The second kappa shape index (κ2) is 6.50. The van der Waals surface area contributed by atoms with Crippen LogP contribution < -0.4 is 5.32 Å². The van der Waals surface area contributed by atoms with Crippen molar-refractivity contribution in [2.24, 2.45) is 0 Å². The lowest BCUT2D eigenvalue weighted by molar-refractivity contribution is -0.385. The number of rotatable bonds is 6. The smallest absolute Gasteiger partial charge is 0.326 e. The number of carboxylic acid groups (broad SMARTS) is 1. The van der Waals surface area contributed by atoms with Gasteiger partial charge in [0.2, 0.25) is 5.91 Å². The van der Waals surface area contributed by atoms with Crippen molar-refractivity contribution in [3.8, 4) is 5.75 Å². The predicted octanol–water partition coefficient (Wildman–Crippen LogP) is 0.822. The van der Waals surface area contributed by atoms with Gasteiger partial charge in [-0.05, 0) is 11.6 Å². The Morgan fingerprint density at radius 3 is 2.60 bits per heavy atom. The number of carboxylic acids is 1. The molecule has 1 amide bonds. The number of hydrogen-bond donors (Lipinski definition) is 3. The summed E-state index contributed by atoms with van der Waals surface area (Å²) in [6.07, 6.45) is 0.0295. The predicted molar refractivity (Wildman–Crippen MR) is 68.3 cm³/mol. The van der Waals surface area contributed by atoms with E-state index in [4.69, 9.17) is 5.11 Å². The number of hydrogen-bond acceptors (Lipinski definition) is 5. The van der Waals surface area contributed by atoms with Crippen LogP contribution in [0.5, 0.6) is 5.75 Å². The second-order valence-electron chi connectivity index (χ2n) is 4.10. The van der Waals surface area contributed by atoms with Gasteiger partial charge in [-0.15, -0.1) is 0 Å². The van der Waals surface area contributed by atoms with E-state index >= 15 is 0 Å². The van der Waals surface area contributed by atoms with Gasteiger partial charge < -0.3 is 15.5 Å². The summed E-state index contributed by atoms with van der Waals surface area (Å²) in [4.78, 5) is 32.2. The summed E-state index contributed by atoms with van der Waals surface area (Å²) in [5, 5.41) is 31.3. The zero-order valence-corrected chi connectivity index (χ0v) is 10.7. The summed E-state index contributed by atoms with van der Waals surface area (Å²) in [5.41, 5.74) is -0.174. The summed E-state index contributed by atoms with van der Waals surface area (Å²) in [6, 6.07) is 2.40. The summed E-state index contributed by atoms with van der Waals surface area (Å²) < 4.78 is 0. The zero-order chi connectivity index (χ0) is 15.3. The van der Waals surface area contributed by atoms with Gasteiger partial charge in [-0.25, -0.2) is 4.79 Å². The molecule has 0 saturated carbocycles. The number of amides is 1. The molecule has 0 aliphatic rings. The molecule has 0 aliphatic carbocycles. The van der Waals surface area contributed by atoms with Gasteiger partial charge in [-0.1, -0.05) is 13.0 Å². The van der Waals surface area contributed by atoms with E-state index in [2.05, 4.69) is 5.32 Å². The number of phenolic OH excluding ortho intramolecular Hbond substituents is 1. The summed E-state index contributed by atoms with van der Waals surface area (Å²) >= 11 is 0. The molecule has 0 radical (unpaired) electrons. The second-order valence-corrected chi connectivity index (χ2v) is 4.10. The molecule has 0 aliphatic heterocycles. The Hall–Kier alpha value is -2.64. The molecule has 0 aromatic heterocycles. The molecule has 1 rings (SSSR count). The maximum Gasteiger partial charge on any atom is 0.326 e. The largest absolute Gasteiger partial charge is 0.502 e. The van der Waals surface area contributed by atoms with Crippen LogP contribution in [0.25, 0.3) is 0 Å². The summed E-state index contributed by atoms with van der Waals surface area (Å²) in [7, 11) is 0. The molecule has 0 saturated heterocycles. The highest BCUT2D eigenvalue weighted by Gasteiger charge is 2.21.